The number of anilines is 1. The summed E-state index contributed by atoms with van der Waals surface area (Å²) < 4.78 is 11.3. The smallest absolute Gasteiger partial charge is 0.228 e. The van der Waals surface area contributed by atoms with Gasteiger partial charge in [-0.3, -0.25) is 9.59 Å². The zero-order valence-electron chi connectivity index (χ0n) is 16.8. The fourth-order valence-electron chi connectivity index (χ4n) is 3.91. The molecule has 1 amide bonds. The maximum atomic E-state index is 12.9. The van der Waals surface area contributed by atoms with E-state index in [4.69, 9.17) is 9.15 Å². The lowest BCUT2D eigenvalue weighted by molar-refractivity contribution is -0.115. The number of amides is 1. The van der Waals surface area contributed by atoms with Gasteiger partial charge in [-0.1, -0.05) is 48.5 Å². The number of nitrogens with one attached hydrogen (secondary N) is 1. The summed E-state index contributed by atoms with van der Waals surface area (Å²) in [6.07, 6.45) is 0.245. The molecule has 5 rings (SSSR count). The summed E-state index contributed by atoms with van der Waals surface area (Å²) in [5.74, 6) is 0.346. The van der Waals surface area contributed by atoms with Gasteiger partial charge >= 0.3 is 0 Å². The lowest BCUT2D eigenvalue weighted by atomic mass is 10.0. The standard InChI is InChI=1S/C26H19NO4/c1-30-22-11-5-10-21-25(29)20-13-12-18(15-23(20)31-26(21)22)27-24(28)14-17-8-4-7-16-6-2-3-9-19(16)17/h2-13,15H,14H2,1H3,(H,27,28). The van der Waals surface area contributed by atoms with Crippen molar-refractivity contribution >= 4 is 44.3 Å². The lowest BCUT2D eigenvalue weighted by Crippen LogP contribution is -2.14. The molecule has 5 nitrogen and oxygen atoms in total. The van der Waals surface area contributed by atoms with Gasteiger partial charge in [0.15, 0.2) is 11.3 Å². The van der Waals surface area contributed by atoms with Crippen LogP contribution in [-0.2, 0) is 11.2 Å². The normalized spacial score (nSPS) is 11.1. The summed E-state index contributed by atoms with van der Waals surface area (Å²) in [7, 11) is 1.53. The van der Waals surface area contributed by atoms with Gasteiger partial charge in [0, 0.05) is 11.8 Å². The maximum Gasteiger partial charge on any atom is 0.228 e. The molecule has 0 aliphatic carbocycles. The Kier molecular flexibility index (Phi) is 4.64. The van der Waals surface area contributed by atoms with Crippen molar-refractivity contribution in [2.24, 2.45) is 0 Å². The molecule has 0 saturated heterocycles. The molecule has 0 saturated carbocycles. The topological polar surface area (TPSA) is 68.5 Å². The van der Waals surface area contributed by atoms with Crippen molar-refractivity contribution in [2.75, 3.05) is 12.4 Å². The minimum Gasteiger partial charge on any atom is -0.493 e. The summed E-state index contributed by atoms with van der Waals surface area (Å²) >= 11 is 0. The largest absolute Gasteiger partial charge is 0.493 e. The van der Waals surface area contributed by atoms with E-state index in [1.165, 1.54) is 7.11 Å². The number of rotatable bonds is 4. The Bertz CT molecular complexity index is 1510. The number of para-hydroxylation sites is 1. The van der Waals surface area contributed by atoms with Crippen LogP contribution in [0.5, 0.6) is 5.75 Å². The van der Waals surface area contributed by atoms with Crippen molar-refractivity contribution in [1.82, 2.24) is 0 Å². The second kappa shape index (κ2) is 7.61. The minimum atomic E-state index is -0.142. The van der Waals surface area contributed by atoms with E-state index in [1.807, 2.05) is 42.5 Å². The summed E-state index contributed by atoms with van der Waals surface area (Å²) in [5.41, 5.74) is 2.17. The van der Waals surface area contributed by atoms with Crippen LogP contribution in [0.4, 0.5) is 5.69 Å². The SMILES string of the molecule is COc1cccc2c(=O)c3ccc(NC(=O)Cc4cccc5ccccc45)cc3oc12. The van der Waals surface area contributed by atoms with Gasteiger partial charge in [-0.25, -0.2) is 0 Å². The van der Waals surface area contributed by atoms with Gasteiger partial charge in [-0.2, -0.15) is 0 Å². The van der Waals surface area contributed by atoms with Crippen LogP contribution in [0.15, 0.2) is 88.1 Å². The van der Waals surface area contributed by atoms with E-state index >= 15 is 0 Å². The Morgan fingerprint density at radius 3 is 2.55 bits per heavy atom. The number of methoxy groups -OCH3 is 1. The zero-order chi connectivity index (χ0) is 21.4. The molecule has 0 fully saturated rings. The van der Waals surface area contributed by atoms with Gasteiger partial charge in [-0.05, 0) is 40.6 Å². The number of ether oxygens (including phenoxy) is 1. The maximum absolute atomic E-state index is 12.9. The molecule has 1 aromatic heterocycles. The fraction of sp³-hybridized carbons (Fsp3) is 0.0769. The number of hydrogen-bond acceptors (Lipinski definition) is 4. The highest BCUT2D eigenvalue weighted by Gasteiger charge is 2.13. The summed E-state index contributed by atoms with van der Waals surface area (Å²) in [6, 6.07) is 24.2. The van der Waals surface area contributed by atoms with E-state index in [-0.39, 0.29) is 17.8 Å². The first-order valence-corrected chi connectivity index (χ1v) is 9.94. The van der Waals surface area contributed by atoms with E-state index in [0.29, 0.717) is 33.4 Å². The third-order valence-electron chi connectivity index (χ3n) is 5.40. The number of hydrogen-bond donors (Lipinski definition) is 1. The average molecular weight is 409 g/mol. The molecule has 1 heterocycles. The molecular formula is C26H19NO4. The van der Waals surface area contributed by atoms with Crippen LogP contribution in [-0.4, -0.2) is 13.0 Å². The first-order valence-electron chi connectivity index (χ1n) is 9.94. The van der Waals surface area contributed by atoms with Crippen LogP contribution >= 0.6 is 0 Å². The molecule has 0 unspecified atom stereocenters. The van der Waals surface area contributed by atoms with E-state index in [1.54, 1.807) is 36.4 Å². The number of benzene rings is 4. The second-order valence-corrected chi connectivity index (χ2v) is 7.34. The minimum absolute atomic E-state index is 0.135. The Morgan fingerprint density at radius 2 is 1.68 bits per heavy atom. The summed E-state index contributed by atoms with van der Waals surface area (Å²) in [5, 5.41) is 5.98. The van der Waals surface area contributed by atoms with E-state index in [0.717, 1.165) is 16.3 Å². The molecule has 1 N–H and O–H groups in total. The Morgan fingerprint density at radius 1 is 0.903 bits per heavy atom. The van der Waals surface area contributed by atoms with E-state index in [9.17, 15) is 9.59 Å². The average Bonchev–Trinajstić information content (AvgIpc) is 2.79. The van der Waals surface area contributed by atoms with Crippen LogP contribution in [0.1, 0.15) is 5.56 Å². The van der Waals surface area contributed by atoms with Gasteiger partial charge < -0.3 is 14.5 Å². The van der Waals surface area contributed by atoms with Crippen LogP contribution in [0.2, 0.25) is 0 Å². The molecule has 0 atom stereocenters. The Hall–Kier alpha value is -4.12. The monoisotopic (exact) mass is 409 g/mol. The van der Waals surface area contributed by atoms with Gasteiger partial charge in [0.05, 0.1) is 24.3 Å². The van der Waals surface area contributed by atoms with Crippen LogP contribution in [0.3, 0.4) is 0 Å². The third-order valence-corrected chi connectivity index (χ3v) is 5.40. The first kappa shape index (κ1) is 18.9. The first-order chi connectivity index (χ1) is 15.1. The van der Waals surface area contributed by atoms with Crippen LogP contribution in [0.25, 0.3) is 32.7 Å². The number of carbonyl (C=O) groups is 1. The van der Waals surface area contributed by atoms with Gasteiger partial charge in [-0.15, -0.1) is 0 Å². The molecule has 0 spiro atoms. The van der Waals surface area contributed by atoms with Gasteiger partial charge in [0.25, 0.3) is 0 Å². The molecule has 4 aromatic carbocycles. The second-order valence-electron chi connectivity index (χ2n) is 7.34. The highest BCUT2D eigenvalue weighted by Crippen LogP contribution is 2.28. The highest BCUT2D eigenvalue weighted by molar-refractivity contribution is 5.98. The van der Waals surface area contributed by atoms with Crippen molar-refractivity contribution in [3.63, 3.8) is 0 Å². The molecular weight excluding hydrogens is 390 g/mol. The predicted octanol–water partition coefficient (Wildman–Crippen LogP) is 5.29. The Labute approximate surface area is 177 Å². The molecule has 0 aliphatic rings. The Balaban J connectivity index is 1.48. The number of fused-ring (bicyclic) bond motifs is 3. The molecule has 5 heteroatoms. The quantitative estimate of drug-likeness (QED) is 0.410. The lowest BCUT2D eigenvalue weighted by Gasteiger charge is -2.09. The predicted molar refractivity (Wildman–Crippen MR) is 123 cm³/mol. The fourth-order valence-corrected chi connectivity index (χ4v) is 3.91. The van der Waals surface area contributed by atoms with Gasteiger partial charge in [0.1, 0.15) is 5.58 Å². The summed E-state index contributed by atoms with van der Waals surface area (Å²) in [6.45, 7) is 0. The zero-order valence-corrected chi connectivity index (χ0v) is 16.8. The van der Waals surface area contributed by atoms with Crippen molar-refractivity contribution in [3.8, 4) is 5.75 Å². The molecule has 152 valence electrons. The van der Waals surface area contributed by atoms with Gasteiger partial charge in [0.2, 0.25) is 11.3 Å². The third kappa shape index (κ3) is 3.40. The van der Waals surface area contributed by atoms with Crippen molar-refractivity contribution in [3.05, 3.63) is 94.6 Å². The van der Waals surface area contributed by atoms with E-state index in [2.05, 4.69) is 5.32 Å². The van der Waals surface area contributed by atoms with Crippen LogP contribution in [0, 0.1) is 0 Å². The summed E-state index contributed by atoms with van der Waals surface area (Å²) in [4.78, 5) is 25.6. The van der Waals surface area contributed by atoms with Crippen molar-refractivity contribution in [2.45, 2.75) is 6.42 Å². The molecule has 5 aromatic rings. The van der Waals surface area contributed by atoms with Crippen molar-refractivity contribution in [1.29, 1.82) is 0 Å². The molecule has 0 aliphatic heterocycles. The molecule has 0 radical (unpaired) electrons. The van der Waals surface area contributed by atoms with Crippen LogP contribution < -0.4 is 15.5 Å². The highest BCUT2D eigenvalue weighted by atomic mass is 16.5. The van der Waals surface area contributed by atoms with Crippen molar-refractivity contribution < 1.29 is 13.9 Å². The molecule has 0 bridgehead atoms. The number of carbonyl (C=O) groups excluding carboxylic acids is 1. The van der Waals surface area contributed by atoms with E-state index < -0.39 is 0 Å². The molecule has 31 heavy (non-hydrogen) atoms.